The molecule has 1 rings (SSSR count). The van der Waals surface area contributed by atoms with E-state index in [0.29, 0.717) is 0 Å². The molecular formula is C7H2Br2ClF3O. The van der Waals surface area contributed by atoms with Gasteiger partial charge in [-0.3, -0.25) is 0 Å². The first kappa shape index (κ1) is 12.1. The molecule has 0 unspecified atom stereocenters. The SMILES string of the molecule is Oc1c(Br)cc(Cl)c(C(F)(F)F)c1Br. The molecule has 0 saturated carbocycles. The van der Waals surface area contributed by atoms with E-state index in [4.69, 9.17) is 11.6 Å². The highest BCUT2D eigenvalue weighted by molar-refractivity contribution is 9.11. The number of rotatable bonds is 0. The molecule has 0 aromatic heterocycles. The smallest absolute Gasteiger partial charge is 0.419 e. The molecule has 7 heteroatoms. The van der Waals surface area contributed by atoms with Crippen molar-refractivity contribution in [2.24, 2.45) is 0 Å². The van der Waals surface area contributed by atoms with Crippen molar-refractivity contribution < 1.29 is 18.3 Å². The van der Waals surface area contributed by atoms with Gasteiger partial charge in [0.25, 0.3) is 0 Å². The Bertz CT molecular complexity index is 378. The van der Waals surface area contributed by atoms with Crippen LogP contribution in [0, 0.1) is 0 Å². The number of benzene rings is 1. The summed E-state index contributed by atoms with van der Waals surface area (Å²) < 4.78 is 36.8. The van der Waals surface area contributed by atoms with Crippen molar-refractivity contribution in [3.8, 4) is 5.75 Å². The van der Waals surface area contributed by atoms with Gasteiger partial charge in [-0.05, 0) is 37.9 Å². The highest BCUT2D eigenvalue weighted by Gasteiger charge is 2.37. The number of alkyl halides is 3. The van der Waals surface area contributed by atoms with Crippen molar-refractivity contribution in [3.05, 3.63) is 25.6 Å². The zero-order chi connectivity index (χ0) is 11.1. The Hall–Kier alpha value is 0.0600. The summed E-state index contributed by atoms with van der Waals surface area (Å²) in [6.07, 6.45) is -4.60. The second kappa shape index (κ2) is 3.90. The van der Waals surface area contributed by atoms with Gasteiger partial charge >= 0.3 is 6.18 Å². The summed E-state index contributed by atoms with van der Waals surface area (Å²) in [6.45, 7) is 0. The predicted octanol–water partition coefficient (Wildman–Crippen LogP) is 4.59. The minimum absolute atomic E-state index is 0.0994. The maximum absolute atomic E-state index is 12.4. The molecule has 1 aromatic carbocycles. The van der Waals surface area contributed by atoms with Crippen molar-refractivity contribution in [3.63, 3.8) is 0 Å². The molecule has 0 aliphatic heterocycles. The van der Waals surface area contributed by atoms with Gasteiger partial charge in [0.2, 0.25) is 0 Å². The Morgan fingerprint density at radius 1 is 1.29 bits per heavy atom. The van der Waals surface area contributed by atoms with Gasteiger partial charge in [-0.1, -0.05) is 11.6 Å². The minimum Gasteiger partial charge on any atom is -0.506 e. The minimum atomic E-state index is -4.60. The fraction of sp³-hybridized carbons (Fsp3) is 0.143. The Balaban J connectivity index is 3.53. The van der Waals surface area contributed by atoms with Gasteiger partial charge < -0.3 is 5.11 Å². The Labute approximate surface area is 99.1 Å². The molecule has 78 valence electrons. The van der Waals surface area contributed by atoms with Gasteiger partial charge in [-0.2, -0.15) is 13.2 Å². The van der Waals surface area contributed by atoms with Crippen molar-refractivity contribution in [1.82, 2.24) is 0 Å². The van der Waals surface area contributed by atoms with Crippen LogP contribution in [-0.2, 0) is 6.18 Å². The lowest BCUT2D eigenvalue weighted by Crippen LogP contribution is -2.07. The standard InChI is InChI=1S/C7H2Br2ClF3O/c8-2-1-3(10)4(7(11,12)13)5(9)6(2)14/h1,14H. The maximum atomic E-state index is 12.4. The van der Waals surface area contributed by atoms with Gasteiger partial charge in [0.05, 0.1) is 19.5 Å². The summed E-state index contributed by atoms with van der Waals surface area (Å²) in [5.41, 5.74) is -1.08. The molecule has 0 bridgehead atoms. The summed E-state index contributed by atoms with van der Waals surface area (Å²) in [5.74, 6) is -0.526. The topological polar surface area (TPSA) is 20.2 Å². The molecule has 0 fully saturated rings. The first-order valence-corrected chi connectivity index (χ1v) is 5.15. The van der Waals surface area contributed by atoms with E-state index in [1.54, 1.807) is 0 Å². The van der Waals surface area contributed by atoms with Crippen molar-refractivity contribution >= 4 is 43.5 Å². The Kier molecular flexibility index (Phi) is 3.38. The number of hydrogen-bond donors (Lipinski definition) is 1. The van der Waals surface area contributed by atoms with Crippen LogP contribution in [-0.4, -0.2) is 5.11 Å². The summed E-state index contributed by atoms with van der Waals surface area (Å²) in [6, 6.07) is 0.991. The number of halogens is 6. The fourth-order valence-electron chi connectivity index (χ4n) is 0.840. The lowest BCUT2D eigenvalue weighted by atomic mass is 10.2. The maximum Gasteiger partial charge on any atom is 0.419 e. The number of aromatic hydroxyl groups is 1. The van der Waals surface area contributed by atoms with Crippen LogP contribution in [0.25, 0.3) is 0 Å². The number of phenolic OH excluding ortho intramolecular Hbond substituents is 1. The van der Waals surface area contributed by atoms with Gasteiger partial charge in [-0.15, -0.1) is 0 Å². The van der Waals surface area contributed by atoms with Crippen molar-refractivity contribution in [2.45, 2.75) is 6.18 Å². The molecule has 0 heterocycles. The molecule has 0 spiro atoms. The highest BCUT2D eigenvalue weighted by Crippen LogP contribution is 2.46. The highest BCUT2D eigenvalue weighted by atomic mass is 79.9. The summed E-state index contributed by atoms with van der Waals surface area (Å²) in [4.78, 5) is 0. The van der Waals surface area contributed by atoms with E-state index in [0.717, 1.165) is 6.07 Å². The second-order valence-corrected chi connectivity index (χ2v) is 4.43. The molecule has 1 nitrogen and oxygen atoms in total. The quantitative estimate of drug-likeness (QED) is 0.723. The molecule has 1 N–H and O–H groups in total. The van der Waals surface area contributed by atoms with E-state index >= 15 is 0 Å². The van der Waals surface area contributed by atoms with Gasteiger partial charge in [0.15, 0.2) is 0 Å². The lowest BCUT2D eigenvalue weighted by molar-refractivity contribution is -0.138. The van der Waals surface area contributed by atoms with E-state index in [9.17, 15) is 18.3 Å². The molecule has 0 radical (unpaired) electrons. The molecule has 0 aliphatic carbocycles. The molecule has 1 aromatic rings. The van der Waals surface area contributed by atoms with E-state index in [-0.39, 0.29) is 4.47 Å². The van der Waals surface area contributed by atoms with E-state index in [1.165, 1.54) is 0 Å². The fourth-order valence-corrected chi connectivity index (χ4v) is 2.74. The van der Waals surface area contributed by atoms with Crippen molar-refractivity contribution in [1.29, 1.82) is 0 Å². The zero-order valence-electron chi connectivity index (χ0n) is 6.29. The lowest BCUT2D eigenvalue weighted by Gasteiger charge is -2.12. The number of phenols is 1. The summed E-state index contributed by atoms with van der Waals surface area (Å²) in [7, 11) is 0. The average molecular weight is 354 g/mol. The number of hydrogen-bond acceptors (Lipinski definition) is 1. The Morgan fingerprint density at radius 3 is 2.21 bits per heavy atom. The van der Waals surface area contributed by atoms with Gasteiger partial charge in [0.1, 0.15) is 5.75 Å². The van der Waals surface area contributed by atoms with Crippen LogP contribution >= 0.6 is 43.5 Å². The van der Waals surface area contributed by atoms with Crippen LogP contribution in [0.4, 0.5) is 13.2 Å². The monoisotopic (exact) mass is 352 g/mol. The molecule has 0 aliphatic rings. The molecule has 0 amide bonds. The Morgan fingerprint density at radius 2 is 1.79 bits per heavy atom. The van der Waals surface area contributed by atoms with Crippen LogP contribution in [0.3, 0.4) is 0 Å². The first-order valence-electron chi connectivity index (χ1n) is 3.18. The third-order valence-electron chi connectivity index (χ3n) is 1.43. The molecule has 0 atom stereocenters. The average Bonchev–Trinajstić information content (AvgIpc) is 1.97. The summed E-state index contributed by atoms with van der Waals surface area (Å²) in [5, 5.41) is 8.74. The normalized spacial score (nSPS) is 11.9. The van der Waals surface area contributed by atoms with Crippen LogP contribution in [0.2, 0.25) is 5.02 Å². The largest absolute Gasteiger partial charge is 0.506 e. The van der Waals surface area contributed by atoms with Crippen LogP contribution in [0.5, 0.6) is 5.75 Å². The van der Waals surface area contributed by atoms with Crippen LogP contribution in [0.1, 0.15) is 5.56 Å². The third-order valence-corrected chi connectivity index (χ3v) is 3.10. The van der Waals surface area contributed by atoms with E-state index in [1.807, 2.05) is 0 Å². The van der Waals surface area contributed by atoms with E-state index in [2.05, 4.69) is 31.9 Å². The van der Waals surface area contributed by atoms with Crippen LogP contribution in [0.15, 0.2) is 15.0 Å². The van der Waals surface area contributed by atoms with Crippen molar-refractivity contribution in [2.75, 3.05) is 0 Å². The van der Waals surface area contributed by atoms with Gasteiger partial charge in [0, 0.05) is 0 Å². The first-order chi connectivity index (χ1) is 6.25. The second-order valence-electron chi connectivity index (χ2n) is 2.38. The molecular weight excluding hydrogens is 352 g/mol. The predicted molar refractivity (Wildman–Crippen MR) is 53.5 cm³/mol. The van der Waals surface area contributed by atoms with Gasteiger partial charge in [-0.25, -0.2) is 0 Å². The molecule has 0 saturated heterocycles. The third kappa shape index (κ3) is 2.17. The van der Waals surface area contributed by atoms with E-state index < -0.39 is 27.0 Å². The zero-order valence-corrected chi connectivity index (χ0v) is 10.2. The van der Waals surface area contributed by atoms with Crippen LogP contribution < -0.4 is 0 Å². The summed E-state index contributed by atoms with van der Waals surface area (Å²) >= 11 is 10.9. The molecule has 14 heavy (non-hydrogen) atoms.